The lowest BCUT2D eigenvalue weighted by Gasteiger charge is -2.31. The van der Waals surface area contributed by atoms with Crippen LogP contribution >= 0.6 is 0 Å². The van der Waals surface area contributed by atoms with Gasteiger partial charge in [-0.2, -0.15) is 0 Å². The second-order valence-corrected chi connectivity index (χ2v) is 8.40. The highest BCUT2D eigenvalue weighted by molar-refractivity contribution is 5.78. The van der Waals surface area contributed by atoms with E-state index in [2.05, 4.69) is 44.9 Å². The summed E-state index contributed by atoms with van der Waals surface area (Å²) in [4.78, 5) is 28.0. The first-order valence-electron chi connectivity index (χ1n) is 10.6. The number of H-pyrrole nitrogens is 1. The van der Waals surface area contributed by atoms with Crippen molar-refractivity contribution in [3.8, 4) is 0 Å². The van der Waals surface area contributed by atoms with Crippen molar-refractivity contribution in [2.45, 2.75) is 38.1 Å². The lowest BCUT2D eigenvalue weighted by Crippen LogP contribution is -2.41. The lowest BCUT2D eigenvalue weighted by atomic mass is 9.73. The van der Waals surface area contributed by atoms with Crippen LogP contribution in [-0.4, -0.2) is 47.4 Å². The highest BCUT2D eigenvalue weighted by Gasteiger charge is 2.44. The molecule has 2 aliphatic rings. The van der Waals surface area contributed by atoms with Crippen LogP contribution in [0.15, 0.2) is 35.1 Å². The average Bonchev–Trinajstić information content (AvgIpc) is 3.15. The molecule has 3 N–H and O–H groups in total. The highest BCUT2D eigenvalue weighted by atomic mass is 16.5. The molecule has 30 heavy (non-hydrogen) atoms. The molecule has 0 radical (unpaired) electrons. The monoisotopic (exact) mass is 411 g/mol. The maximum absolute atomic E-state index is 12.7. The standard InChI is InChI=1S/C22H29N5O3/c1-15-12-23-14-22(15,11-16-5-3-2-4-6-16)21-25-20(29)18(26-27-21)13-24-19(28)17-7-9-30-10-8-17/h2-6,15,17,23H,7-14H2,1H3,(H,24,28)(H,25,27,29)/t15-,22-/m1/s1. The van der Waals surface area contributed by atoms with Crippen LogP contribution in [0.2, 0.25) is 0 Å². The molecule has 0 unspecified atom stereocenters. The minimum atomic E-state index is -0.322. The van der Waals surface area contributed by atoms with E-state index in [1.807, 2.05) is 18.2 Å². The fourth-order valence-electron chi connectivity index (χ4n) is 4.45. The van der Waals surface area contributed by atoms with Gasteiger partial charge in [0.25, 0.3) is 5.56 Å². The minimum absolute atomic E-state index is 0.0576. The Morgan fingerprint density at radius 2 is 2.00 bits per heavy atom. The molecule has 0 bridgehead atoms. The van der Waals surface area contributed by atoms with Gasteiger partial charge in [-0.05, 0) is 37.3 Å². The summed E-state index contributed by atoms with van der Waals surface area (Å²) in [5.74, 6) is 0.775. The molecule has 0 spiro atoms. The number of aromatic nitrogens is 3. The number of benzene rings is 1. The van der Waals surface area contributed by atoms with Crippen LogP contribution < -0.4 is 16.2 Å². The number of hydrogen-bond acceptors (Lipinski definition) is 6. The predicted molar refractivity (Wildman–Crippen MR) is 112 cm³/mol. The molecule has 0 aliphatic carbocycles. The Bertz CT molecular complexity index is 926. The number of nitrogens with one attached hydrogen (secondary N) is 3. The number of rotatable bonds is 6. The van der Waals surface area contributed by atoms with Gasteiger partial charge in [0, 0.05) is 25.7 Å². The number of carbonyl (C=O) groups excluding carboxylic acids is 1. The average molecular weight is 412 g/mol. The molecule has 8 heteroatoms. The molecule has 8 nitrogen and oxygen atoms in total. The number of nitrogens with zero attached hydrogens (tertiary/aromatic N) is 2. The van der Waals surface area contributed by atoms with Crippen molar-refractivity contribution >= 4 is 5.91 Å². The van der Waals surface area contributed by atoms with Gasteiger partial charge in [0.2, 0.25) is 5.91 Å². The Morgan fingerprint density at radius 3 is 2.67 bits per heavy atom. The van der Waals surface area contributed by atoms with Crippen LogP contribution in [0.1, 0.15) is 36.8 Å². The van der Waals surface area contributed by atoms with Crippen molar-refractivity contribution < 1.29 is 9.53 Å². The third-order valence-electron chi connectivity index (χ3n) is 6.46. The van der Waals surface area contributed by atoms with E-state index in [4.69, 9.17) is 4.74 Å². The van der Waals surface area contributed by atoms with Crippen molar-refractivity contribution in [3.05, 3.63) is 57.8 Å². The smallest absolute Gasteiger partial charge is 0.274 e. The van der Waals surface area contributed by atoms with E-state index >= 15 is 0 Å². The topological polar surface area (TPSA) is 109 Å². The zero-order valence-electron chi connectivity index (χ0n) is 17.3. The molecule has 1 amide bonds. The van der Waals surface area contributed by atoms with Gasteiger partial charge in [0.15, 0.2) is 0 Å². The van der Waals surface area contributed by atoms with Crippen molar-refractivity contribution in [2.24, 2.45) is 11.8 Å². The van der Waals surface area contributed by atoms with Gasteiger partial charge in [-0.25, -0.2) is 0 Å². The third-order valence-corrected chi connectivity index (χ3v) is 6.46. The fourth-order valence-corrected chi connectivity index (χ4v) is 4.45. The van der Waals surface area contributed by atoms with E-state index in [0.717, 1.165) is 19.5 Å². The van der Waals surface area contributed by atoms with Gasteiger partial charge in [-0.1, -0.05) is 37.3 Å². The number of amides is 1. The van der Waals surface area contributed by atoms with E-state index in [-0.39, 0.29) is 35.0 Å². The Hall–Kier alpha value is -2.58. The summed E-state index contributed by atoms with van der Waals surface area (Å²) in [7, 11) is 0. The van der Waals surface area contributed by atoms with Crippen LogP contribution in [0.25, 0.3) is 0 Å². The van der Waals surface area contributed by atoms with Gasteiger partial charge in [0.05, 0.1) is 12.0 Å². The summed E-state index contributed by atoms with van der Waals surface area (Å²) >= 11 is 0. The third kappa shape index (κ3) is 4.29. The van der Waals surface area contributed by atoms with Crippen molar-refractivity contribution in [1.82, 2.24) is 25.8 Å². The second-order valence-electron chi connectivity index (χ2n) is 8.40. The van der Waals surface area contributed by atoms with Gasteiger partial charge >= 0.3 is 0 Å². The van der Waals surface area contributed by atoms with Crippen LogP contribution in [0.5, 0.6) is 0 Å². The molecular weight excluding hydrogens is 382 g/mol. The zero-order valence-corrected chi connectivity index (χ0v) is 17.3. The molecule has 2 saturated heterocycles. The summed E-state index contributed by atoms with van der Waals surface area (Å²) < 4.78 is 5.29. The van der Waals surface area contributed by atoms with Crippen LogP contribution in [0.4, 0.5) is 0 Å². The summed E-state index contributed by atoms with van der Waals surface area (Å²) in [5, 5.41) is 14.9. The maximum atomic E-state index is 12.7. The molecule has 2 aromatic rings. The number of hydrogen-bond donors (Lipinski definition) is 3. The molecule has 0 saturated carbocycles. The van der Waals surface area contributed by atoms with E-state index in [1.165, 1.54) is 5.56 Å². The molecular formula is C22H29N5O3. The van der Waals surface area contributed by atoms with Crippen LogP contribution in [-0.2, 0) is 27.9 Å². The zero-order chi connectivity index (χ0) is 21.0. The van der Waals surface area contributed by atoms with E-state index in [9.17, 15) is 9.59 Å². The Labute approximate surface area is 175 Å². The van der Waals surface area contributed by atoms with Crippen molar-refractivity contribution in [2.75, 3.05) is 26.3 Å². The molecule has 2 atom stereocenters. The molecule has 1 aromatic carbocycles. The van der Waals surface area contributed by atoms with E-state index < -0.39 is 0 Å². The van der Waals surface area contributed by atoms with Gasteiger partial charge < -0.3 is 20.4 Å². The number of aromatic amines is 1. The Morgan fingerprint density at radius 1 is 1.23 bits per heavy atom. The Kier molecular flexibility index (Phi) is 6.24. The molecule has 1 aromatic heterocycles. The molecule has 3 heterocycles. The van der Waals surface area contributed by atoms with E-state index in [1.54, 1.807) is 0 Å². The minimum Gasteiger partial charge on any atom is -0.381 e. The van der Waals surface area contributed by atoms with Crippen molar-refractivity contribution in [1.29, 1.82) is 0 Å². The van der Waals surface area contributed by atoms with Gasteiger partial charge in [-0.3, -0.25) is 9.59 Å². The van der Waals surface area contributed by atoms with Gasteiger partial charge in [0.1, 0.15) is 11.5 Å². The molecule has 2 aliphatic heterocycles. The maximum Gasteiger partial charge on any atom is 0.274 e. The summed E-state index contributed by atoms with van der Waals surface area (Å²) in [6.07, 6.45) is 2.19. The summed E-state index contributed by atoms with van der Waals surface area (Å²) in [6, 6.07) is 10.2. The van der Waals surface area contributed by atoms with Crippen LogP contribution in [0, 0.1) is 11.8 Å². The number of carbonyl (C=O) groups is 1. The van der Waals surface area contributed by atoms with E-state index in [0.29, 0.717) is 37.8 Å². The molecule has 4 rings (SSSR count). The largest absolute Gasteiger partial charge is 0.381 e. The molecule has 160 valence electrons. The summed E-state index contributed by atoms with van der Waals surface area (Å²) in [5.41, 5.74) is 0.812. The normalized spacial score (nSPS) is 24.6. The highest BCUT2D eigenvalue weighted by Crippen LogP contribution is 2.36. The first-order chi connectivity index (χ1) is 14.6. The lowest BCUT2D eigenvalue weighted by molar-refractivity contribution is -0.128. The molecule has 2 fully saturated rings. The Balaban J connectivity index is 1.50. The number of ether oxygens (including phenoxy) is 1. The first kappa shape index (κ1) is 20.7. The van der Waals surface area contributed by atoms with Gasteiger partial charge in [-0.15, -0.1) is 10.2 Å². The quantitative estimate of drug-likeness (QED) is 0.652. The predicted octanol–water partition coefficient (Wildman–Crippen LogP) is 0.928. The van der Waals surface area contributed by atoms with Crippen LogP contribution in [0.3, 0.4) is 0 Å². The first-order valence-corrected chi connectivity index (χ1v) is 10.6. The van der Waals surface area contributed by atoms with Crippen molar-refractivity contribution in [3.63, 3.8) is 0 Å². The SMILES string of the molecule is C[C@@H]1CNC[C@@]1(Cc1ccccc1)c1nnc(CNC(=O)C2CCOCC2)c(=O)[nH]1. The fraction of sp³-hybridized carbons (Fsp3) is 0.545. The summed E-state index contributed by atoms with van der Waals surface area (Å²) in [6.45, 7) is 5.04. The second kappa shape index (κ2) is 9.06.